The lowest BCUT2D eigenvalue weighted by Gasteiger charge is -2.48. The smallest absolute Gasteiger partial charge is 0.103 e. The largest absolute Gasteiger partial charge is 0.328 e. The normalized spacial score (nSPS) is 48.5. The Balaban J connectivity index is 1.49. The van der Waals surface area contributed by atoms with Crippen molar-refractivity contribution in [3.05, 3.63) is 0 Å². The van der Waals surface area contributed by atoms with Gasteiger partial charge in [0.05, 0.1) is 6.17 Å². The van der Waals surface area contributed by atoms with Crippen molar-refractivity contribution in [2.24, 2.45) is 35.1 Å². The van der Waals surface area contributed by atoms with Crippen molar-refractivity contribution in [1.82, 2.24) is 10.2 Å². The van der Waals surface area contributed by atoms with Gasteiger partial charge in [-0.1, -0.05) is 13.3 Å². The zero-order valence-corrected chi connectivity index (χ0v) is 18.7. The molecule has 4 fully saturated rings. The van der Waals surface area contributed by atoms with Crippen LogP contribution < -0.4 is 16.8 Å². The summed E-state index contributed by atoms with van der Waals surface area (Å²) in [7, 11) is 0. The average molecular weight is 409 g/mol. The summed E-state index contributed by atoms with van der Waals surface area (Å²) in [5.41, 5.74) is 13.3. The minimum Gasteiger partial charge on any atom is -0.328 e. The van der Waals surface area contributed by atoms with Gasteiger partial charge in [-0.15, -0.1) is 0 Å². The third kappa shape index (κ3) is 4.68. The Morgan fingerprint density at radius 3 is 2.55 bits per heavy atom. The molecule has 4 aliphatic rings. The standard InChI is InChI=1S/C24H45FN4/c1-15-13-17(9-10-21(15)25)23-20(7-4-12-28-23)22-11-8-16(2)29(22)24(27)18-5-3-6-19(26)14-18/h15-24,28H,3-14,26-27H2,1-2H3. The zero-order chi connectivity index (χ0) is 20.5. The summed E-state index contributed by atoms with van der Waals surface area (Å²) >= 11 is 0. The Morgan fingerprint density at radius 2 is 1.79 bits per heavy atom. The van der Waals surface area contributed by atoms with Crippen LogP contribution in [0.5, 0.6) is 0 Å². The molecule has 2 heterocycles. The molecule has 0 bridgehead atoms. The van der Waals surface area contributed by atoms with Gasteiger partial charge in [0.15, 0.2) is 0 Å². The predicted octanol–water partition coefficient (Wildman–Crippen LogP) is 3.78. The highest BCUT2D eigenvalue weighted by molar-refractivity contribution is 5.01. The number of halogens is 1. The summed E-state index contributed by atoms with van der Waals surface area (Å²) in [6.07, 6.45) is 12.2. The molecule has 4 rings (SSSR count). The quantitative estimate of drug-likeness (QED) is 0.662. The summed E-state index contributed by atoms with van der Waals surface area (Å²) in [6.45, 7) is 5.61. The molecule has 2 saturated heterocycles. The first kappa shape index (κ1) is 22.0. The molecule has 4 nitrogen and oxygen atoms in total. The zero-order valence-electron chi connectivity index (χ0n) is 18.7. The predicted molar refractivity (Wildman–Crippen MR) is 118 cm³/mol. The van der Waals surface area contributed by atoms with E-state index in [1.165, 1.54) is 38.5 Å². The fourth-order valence-electron chi connectivity index (χ4n) is 7.42. The number of likely N-dealkylation sites (tertiary alicyclic amines) is 1. The lowest BCUT2D eigenvalue weighted by atomic mass is 9.70. The van der Waals surface area contributed by atoms with Crippen LogP contribution in [-0.4, -0.2) is 47.9 Å². The van der Waals surface area contributed by atoms with E-state index in [1.807, 2.05) is 0 Å². The number of hydrogen-bond donors (Lipinski definition) is 3. The topological polar surface area (TPSA) is 67.3 Å². The molecule has 2 aliphatic carbocycles. The molecule has 10 unspecified atom stereocenters. The number of piperidine rings is 1. The second-order valence-electron chi connectivity index (χ2n) is 11.0. The number of nitrogens with zero attached hydrogens (tertiary/aromatic N) is 1. The molecule has 5 heteroatoms. The van der Waals surface area contributed by atoms with E-state index in [-0.39, 0.29) is 12.1 Å². The Kier molecular flexibility index (Phi) is 7.20. The number of hydrogen-bond acceptors (Lipinski definition) is 4. The first-order chi connectivity index (χ1) is 14.0. The Labute approximate surface area is 177 Å². The average Bonchev–Trinajstić information content (AvgIpc) is 3.10. The van der Waals surface area contributed by atoms with E-state index in [2.05, 4.69) is 24.1 Å². The second kappa shape index (κ2) is 9.50. The molecule has 5 N–H and O–H groups in total. The summed E-state index contributed by atoms with van der Waals surface area (Å²) in [4.78, 5) is 2.71. The summed E-state index contributed by atoms with van der Waals surface area (Å²) in [6, 6.07) is 2.01. The van der Waals surface area contributed by atoms with Gasteiger partial charge in [0.1, 0.15) is 6.17 Å². The van der Waals surface area contributed by atoms with Crippen LogP contribution in [0.4, 0.5) is 4.39 Å². The van der Waals surface area contributed by atoms with E-state index < -0.39 is 6.17 Å². The van der Waals surface area contributed by atoms with Gasteiger partial charge < -0.3 is 16.8 Å². The maximum Gasteiger partial charge on any atom is 0.103 e. The Bertz CT molecular complexity index is 531. The number of rotatable bonds is 4. The number of alkyl halides is 1. The first-order valence-corrected chi connectivity index (χ1v) is 12.6. The van der Waals surface area contributed by atoms with Crippen molar-refractivity contribution in [3.63, 3.8) is 0 Å². The van der Waals surface area contributed by atoms with Crippen LogP contribution in [-0.2, 0) is 0 Å². The van der Waals surface area contributed by atoms with Crippen LogP contribution in [0.2, 0.25) is 0 Å². The number of nitrogens with two attached hydrogens (primary N) is 2. The van der Waals surface area contributed by atoms with Gasteiger partial charge >= 0.3 is 0 Å². The van der Waals surface area contributed by atoms with Crippen molar-refractivity contribution in [1.29, 1.82) is 0 Å². The highest BCUT2D eigenvalue weighted by Gasteiger charge is 2.46. The molecular formula is C24H45FN4. The molecule has 0 aromatic rings. The van der Waals surface area contributed by atoms with Crippen LogP contribution in [0.15, 0.2) is 0 Å². The van der Waals surface area contributed by atoms with Crippen molar-refractivity contribution in [2.45, 2.75) is 121 Å². The lowest BCUT2D eigenvalue weighted by Crippen LogP contribution is -2.60. The molecule has 0 spiro atoms. The first-order valence-electron chi connectivity index (χ1n) is 12.6. The van der Waals surface area contributed by atoms with E-state index in [1.54, 1.807) is 0 Å². The van der Waals surface area contributed by atoms with Gasteiger partial charge in [0.2, 0.25) is 0 Å². The van der Waals surface area contributed by atoms with E-state index in [9.17, 15) is 4.39 Å². The van der Waals surface area contributed by atoms with Crippen LogP contribution in [0.3, 0.4) is 0 Å². The van der Waals surface area contributed by atoms with Gasteiger partial charge in [0, 0.05) is 24.2 Å². The van der Waals surface area contributed by atoms with E-state index in [4.69, 9.17) is 11.5 Å². The molecule has 29 heavy (non-hydrogen) atoms. The van der Waals surface area contributed by atoms with Gasteiger partial charge in [-0.05, 0) is 101 Å². The maximum absolute atomic E-state index is 14.1. The minimum atomic E-state index is -0.597. The molecule has 2 saturated carbocycles. The summed E-state index contributed by atoms with van der Waals surface area (Å²) in [5.74, 6) is 2.03. The third-order valence-corrected chi connectivity index (χ3v) is 9.02. The Hall–Kier alpha value is -0.230. The van der Waals surface area contributed by atoms with Gasteiger partial charge in [-0.25, -0.2) is 4.39 Å². The molecule has 0 aromatic heterocycles. The minimum absolute atomic E-state index is 0.145. The molecule has 0 amide bonds. The molecular weight excluding hydrogens is 363 g/mol. The molecule has 0 radical (unpaired) electrons. The SMILES string of the molecule is CC1CC(C2NCCCC2C2CCC(C)N2C(N)C2CCCC(N)C2)CCC1F. The number of nitrogens with one attached hydrogen (secondary N) is 1. The van der Waals surface area contributed by atoms with Crippen LogP contribution in [0.25, 0.3) is 0 Å². The fourth-order valence-corrected chi connectivity index (χ4v) is 7.42. The highest BCUT2D eigenvalue weighted by atomic mass is 19.1. The van der Waals surface area contributed by atoms with E-state index >= 15 is 0 Å². The van der Waals surface area contributed by atoms with Gasteiger partial charge in [-0.3, -0.25) is 4.90 Å². The Morgan fingerprint density at radius 1 is 0.966 bits per heavy atom. The van der Waals surface area contributed by atoms with Gasteiger partial charge in [-0.2, -0.15) is 0 Å². The molecule has 10 atom stereocenters. The second-order valence-corrected chi connectivity index (χ2v) is 11.0. The molecule has 0 aromatic carbocycles. The fraction of sp³-hybridized carbons (Fsp3) is 1.00. The summed E-state index contributed by atoms with van der Waals surface area (Å²) < 4.78 is 14.1. The van der Waals surface area contributed by atoms with Crippen molar-refractivity contribution in [2.75, 3.05) is 6.54 Å². The lowest BCUT2D eigenvalue weighted by molar-refractivity contribution is 0.0140. The van der Waals surface area contributed by atoms with Crippen LogP contribution in [0, 0.1) is 23.7 Å². The van der Waals surface area contributed by atoms with E-state index in [0.717, 1.165) is 38.6 Å². The van der Waals surface area contributed by atoms with Crippen molar-refractivity contribution in [3.8, 4) is 0 Å². The van der Waals surface area contributed by atoms with Crippen LogP contribution >= 0.6 is 0 Å². The summed E-state index contributed by atoms with van der Waals surface area (Å²) in [5, 5.41) is 3.90. The maximum atomic E-state index is 14.1. The van der Waals surface area contributed by atoms with Crippen molar-refractivity contribution >= 4 is 0 Å². The highest BCUT2D eigenvalue weighted by Crippen LogP contribution is 2.43. The van der Waals surface area contributed by atoms with Crippen molar-refractivity contribution < 1.29 is 4.39 Å². The van der Waals surface area contributed by atoms with Crippen LogP contribution in [0.1, 0.15) is 84.5 Å². The van der Waals surface area contributed by atoms with E-state index in [0.29, 0.717) is 41.9 Å². The third-order valence-electron chi connectivity index (χ3n) is 9.02. The molecule has 2 aliphatic heterocycles. The molecule has 168 valence electrons. The van der Waals surface area contributed by atoms with Gasteiger partial charge in [0.25, 0.3) is 0 Å². The monoisotopic (exact) mass is 408 g/mol.